The molecule has 3 rings (SSSR count). The number of hydrogen-bond acceptors (Lipinski definition) is 5. The molecule has 0 fully saturated rings. The summed E-state index contributed by atoms with van der Waals surface area (Å²) in [7, 11) is 3.51. The lowest BCUT2D eigenvalue weighted by atomic mass is 10.0. The summed E-state index contributed by atoms with van der Waals surface area (Å²) in [5.41, 5.74) is 2.44. The van der Waals surface area contributed by atoms with Gasteiger partial charge in [-0.3, -0.25) is 14.9 Å². The summed E-state index contributed by atoms with van der Waals surface area (Å²) in [4.78, 5) is 27.3. The number of anilines is 2. The molecular formula is C19H20N4O3. The molecule has 2 aromatic rings. The van der Waals surface area contributed by atoms with Crippen LogP contribution < -0.4 is 10.2 Å². The first-order chi connectivity index (χ1) is 12.4. The average Bonchev–Trinajstić information content (AvgIpc) is 2.63. The van der Waals surface area contributed by atoms with Crippen molar-refractivity contribution in [2.24, 2.45) is 0 Å². The van der Waals surface area contributed by atoms with Crippen molar-refractivity contribution in [2.45, 2.75) is 6.17 Å². The molecule has 26 heavy (non-hydrogen) atoms. The third-order valence-corrected chi connectivity index (χ3v) is 4.34. The Morgan fingerprint density at radius 1 is 1.31 bits per heavy atom. The van der Waals surface area contributed by atoms with E-state index in [1.54, 1.807) is 48.2 Å². The normalized spacial score (nSPS) is 15.8. The standard InChI is InChI=1S/C19H20N4O3/c1-4-11-22-18(20-15-8-6-5-7-14(15)19(22)24)13-9-10-16(21(2)3)17(12-13)23(25)26/h4-10,12,18,20H,1,11H2,2-3H3. The van der Waals surface area contributed by atoms with Gasteiger partial charge in [0.25, 0.3) is 11.6 Å². The minimum Gasteiger partial charge on any atom is -0.372 e. The number of benzene rings is 2. The maximum atomic E-state index is 12.9. The number of carbonyl (C=O) groups is 1. The van der Waals surface area contributed by atoms with Gasteiger partial charge in [0.1, 0.15) is 11.9 Å². The van der Waals surface area contributed by atoms with Gasteiger partial charge in [-0.25, -0.2) is 0 Å². The summed E-state index contributed by atoms with van der Waals surface area (Å²) in [5, 5.41) is 14.8. The van der Waals surface area contributed by atoms with Crippen molar-refractivity contribution in [3.63, 3.8) is 0 Å². The number of rotatable bonds is 5. The zero-order valence-electron chi connectivity index (χ0n) is 14.7. The fraction of sp³-hybridized carbons (Fsp3) is 0.211. The molecule has 1 atom stereocenters. The van der Waals surface area contributed by atoms with Crippen molar-refractivity contribution in [2.75, 3.05) is 30.9 Å². The van der Waals surface area contributed by atoms with E-state index in [9.17, 15) is 14.9 Å². The molecule has 0 radical (unpaired) electrons. The van der Waals surface area contributed by atoms with Crippen molar-refractivity contribution in [1.82, 2.24) is 4.90 Å². The Bertz CT molecular complexity index is 879. The maximum absolute atomic E-state index is 12.9. The lowest BCUT2D eigenvalue weighted by Crippen LogP contribution is -2.43. The Labute approximate surface area is 151 Å². The van der Waals surface area contributed by atoms with Gasteiger partial charge in [0, 0.05) is 38.0 Å². The number of para-hydroxylation sites is 1. The largest absolute Gasteiger partial charge is 0.372 e. The molecule has 1 heterocycles. The van der Waals surface area contributed by atoms with Gasteiger partial charge in [0.05, 0.1) is 10.5 Å². The van der Waals surface area contributed by atoms with E-state index in [-0.39, 0.29) is 11.6 Å². The molecule has 0 saturated heterocycles. The quantitative estimate of drug-likeness (QED) is 0.507. The van der Waals surface area contributed by atoms with E-state index < -0.39 is 11.1 Å². The summed E-state index contributed by atoms with van der Waals surface area (Å²) in [6, 6.07) is 12.3. The van der Waals surface area contributed by atoms with Crippen LogP contribution in [0, 0.1) is 10.1 Å². The molecule has 7 heteroatoms. The second-order valence-corrected chi connectivity index (χ2v) is 6.24. The zero-order chi connectivity index (χ0) is 18.8. The van der Waals surface area contributed by atoms with Gasteiger partial charge in [-0.05, 0) is 18.2 Å². The highest BCUT2D eigenvalue weighted by atomic mass is 16.6. The van der Waals surface area contributed by atoms with E-state index in [1.807, 2.05) is 18.2 Å². The number of nitro groups is 1. The SMILES string of the molecule is C=CCN1C(=O)c2ccccc2NC1c1ccc(N(C)C)c([N+](=O)[O-])c1. The average molecular weight is 352 g/mol. The fourth-order valence-electron chi connectivity index (χ4n) is 3.12. The monoisotopic (exact) mass is 352 g/mol. The van der Waals surface area contributed by atoms with Crippen LogP contribution in [0.1, 0.15) is 22.1 Å². The van der Waals surface area contributed by atoms with Crippen molar-refractivity contribution >= 4 is 23.0 Å². The highest BCUT2D eigenvalue weighted by molar-refractivity contribution is 6.01. The lowest BCUT2D eigenvalue weighted by Gasteiger charge is -2.37. The topological polar surface area (TPSA) is 78.7 Å². The lowest BCUT2D eigenvalue weighted by molar-refractivity contribution is -0.384. The number of amides is 1. The van der Waals surface area contributed by atoms with Gasteiger partial charge in [-0.1, -0.05) is 24.3 Å². The summed E-state index contributed by atoms with van der Waals surface area (Å²) in [6.45, 7) is 4.05. The fourth-order valence-corrected chi connectivity index (χ4v) is 3.12. The molecular weight excluding hydrogens is 332 g/mol. The number of carbonyl (C=O) groups excluding carboxylic acids is 1. The number of nitro benzene ring substituents is 1. The highest BCUT2D eigenvalue weighted by Gasteiger charge is 2.33. The maximum Gasteiger partial charge on any atom is 0.292 e. The second-order valence-electron chi connectivity index (χ2n) is 6.24. The van der Waals surface area contributed by atoms with Gasteiger partial charge < -0.3 is 15.1 Å². The van der Waals surface area contributed by atoms with Crippen LogP contribution in [0.4, 0.5) is 17.1 Å². The van der Waals surface area contributed by atoms with E-state index in [4.69, 9.17) is 0 Å². The molecule has 1 amide bonds. The molecule has 0 spiro atoms. The molecule has 134 valence electrons. The molecule has 1 aliphatic heterocycles. The van der Waals surface area contributed by atoms with Crippen LogP contribution in [0.5, 0.6) is 0 Å². The first-order valence-electron chi connectivity index (χ1n) is 8.17. The van der Waals surface area contributed by atoms with Crippen LogP contribution in [0.25, 0.3) is 0 Å². The van der Waals surface area contributed by atoms with Crippen LogP contribution in [0.3, 0.4) is 0 Å². The number of nitrogens with zero attached hydrogens (tertiary/aromatic N) is 3. The summed E-state index contributed by atoms with van der Waals surface area (Å²) >= 11 is 0. The number of hydrogen-bond donors (Lipinski definition) is 1. The van der Waals surface area contributed by atoms with Gasteiger partial charge in [0.15, 0.2) is 0 Å². The van der Waals surface area contributed by atoms with Gasteiger partial charge in [-0.15, -0.1) is 6.58 Å². The summed E-state index contributed by atoms with van der Waals surface area (Å²) in [6.07, 6.45) is 1.13. The molecule has 1 unspecified atom stereocenters. The summed E-state index contributed by atoms with van der Waals surface area (Å²) < 4.78 is 0. The van der Waals surface area contributed by atoms with Crippen LogP contribution in [-0.4, -0.2) is 36.4 Å². The minimum atomic E-state index is -0.509. The molecule has 7 nitrogen and oxygen atoms in total. The van der Waals surface area contributed by atoms with E-state index in [2.05, 4.69) is 11.9 Å². The smallest absolute Gasteiger partial charge is 0.292 e. The first kappa shape index (κ1) is 17.5. The Morgan fingerprint density at radius 3 is 2.69 bits per heavy atom. The Kier molecular flexibility index (Phi) is 4.62. The first-order valence-corrected chi connectivity index (χ1v) is 8.17. The van der Waals surface area contributed by atoms with E-state index in [0.29, 0.717) is 29.0 Å². The van der Waals surface area contributed by atoms with Crippen molar-refractivity contribution < 1.29 is 9.72 Å². The predicted molar refractivity (Wildman–Crippen MR) is 101 cm³/mol. The highest BCUT2D eigenvalue weighted by Crippen LogP contribution is 2.36. The van der Waals surface area contributed by atoms with Crippen molar-refractivity contribution in [3.8, 4) is 0 Å². The van der Waals surface area contributed by atoms with Crippen LogP contribution in [-0.2, 0) is 0 Å². The molecule has 1 N–H and O–H groups in total. The Morgan fingerprint density at radius 2 is 2.04 bits per heavy atom. The van der Waals surface area contributed by atoms with E-state index in [1.165, 1.54) is 6.07 Å². The number of fused-ring (bicyclic) bond motifs is 1. The van der Waals surface area contributed by atoms with Gasteiger partial charge in [0.2, 0.25) is 0 Å². The van der Waals surface area contributed by atoms with Crippen LogP contribution in [0.15, 0.2) is 55.1 Å². The minimum absolute atomic E-state index is 0.000777. The van der Waals surface area contributed by atoms with E-state index in [0.717, 1.165) is 0 Å². The Hall–Kier alpha value is -3.35. The second kappa shape index (κ2) is 6.87. The third kappa shape index (κ3) is 2.99. The summed E-state index contributed by atoms with van der Waals surface area (Å²) in [5.74, 6) is -0.136. The number of nitrogens with one attached hydrogen (secondary N) is 1. The third-order valence-electron chi connectivity index (χ3n) is 4.34. The van der Waals surface area contributed by atoms with Crippen molar-refractivity contribution in [3.05, 3.63) is 76.4 Å². The zero-order valence-corrected chi connectivity index (χ0v) is 14.7. The Balaban J connectivity index is 2.09. The molecule has 0 aromatic heterocycles. The van der Waals surface area contributed by atoms with E-state index >= 15 is 0 Å². The molecule has 2 aromatic carbocycles. The molecule has 0 bridgehead atoms. The van der Waals surface area contributed by atoms with Gasteiger partial charge in [-0.2, -0.15) is 0 Å². The van der Waals surface area contributed by atoms with Crippen LogP contribution >= 0.6 is 0 Å². The van der Waals surface area contributed by atoms with Crippen molar-refractivity contribution in [1.29, 1.82) is 0 Å². The van der Waals surface area contributed by atoms with Gasteiger partial charge >= 0.3 is 0 Å². The predicted octanol–water partition coefficient (Wildman–Crippen LogP) is 3.41. The molecule has 1 aliphatic rings. The molecule has 0 aliphatic carbocycles. The molecule has 0 saturated carbocycles. The van der Waals surface area contributed by atoms with Crippen LogP contribution in [0.2, 0.25) is 0 Å².